The first-order valence-electron chi connectivity index (χ1n) is 8.75. The number of Topliss-reactive ketones (excluding diaryl/α,β-unsaturated/α-hetero) is 1. The van der Waals surface area contributed by atoms with E-state index in [9.17, 15) is 4.79 Å². The van der Waals surface area contributed by atoms with Gasteiger partial charge in [0.2, 0.25) is 0 Å². The van der Waals surface area contributed by atoms with Crippen molar-refractivity contribution in [3.63, 3.8) is 0 Å². The van der Waals surface area contributed by atoms with Crippen LogP contribution in [0.25, 0.3) is 0 Å². The van der Waals surface area contributed by atoms with Crippen LogP contribution < -0.4 is 0 Å². The van der Waals surface area contributed by atoms with Crippen molar-refractivity contribution in [1.82, 2.24) is 4.90 Å². The van der Waals surface area contributed by atoms with E-state index in [0.717, 1.165) is 31.5 Å². The Morgan fingerprint density at radius 2 is 1.48 bits per heavy atom. The summed E-state index contributed by atoms with van der Waals surface area (Å²) in [5.41, 5.74) is 6.95. The number of likely N-dealkylation sites (tertiary alicyclic amines) is 1. The van der Waals surface area contributed by atoms with Crippen LogP contribution in [0.5, 0.6) is 0 Å². The molecule has 1 aromatic rings. The molecule has 1 aliphatic heterocycles. The number of rotatable bonds is 3. The highest BCUT2D eigenvalue weighted by atomic mass is 16.1. The summed E-state index contributed by atoms with van der Waals surface area (Å²) in [4.78, 5) is 15.4. The summed E-state index contributed by atoms with van der Waals surface area (Å²) in [6, 6.07) is 2.42. The second-order valence-electron chi connectivity index (χ2n) is 6.99. The molecule has 0 unspecified atom stereocenters. The van der Waals surface area contributed by atoms with Crippen LogP contribution in [0.2, 0.25) is 0 Å². The van der Waals surface area contributed by atoms with E-state index < -0.39 is 0 Å². The summed E-state index contributed by atoms with van der Waals surface area (Å²) in [5.74, 6) is 0.411. The minimum Gasteiger partial charge on any atom is -0.296 e. The molecular weight excluding hydrogens is 258 g/mol. The maximum absolute atomic E-state index is 13.0. The Balaban J connectivity index is 1.66. The topological polar surface area (TPSA) is 20.3 Å². The largest absolute Gasteiger partial charge is 0.296 e. The van der Waals surface area contributed by atoms with Crippen molar-refractivity contribution in [2.45, 2.75) is 57.8 Å². The Morgan fingerprint density at radius 1 is 0.857 bits per heavy atom. The molecule has 0 radical (unpaired) electrons. The zero-order valence-electron chi connectivity index (χ0n) is 12.9. The quantitative estimate of drug-likeness (QED) is 0.793. The molecule has 1 saturated heterocycles. The van der Waals surface area contributed by atoms with Gasteiger partial charge in [0.15, 0.2) is 5.78 Å². The molecule has 2 nitrogen and oxygen atoms in total. The Hall–Kier alpha value is -1.15. The number of carbonyl (C=O) groups is 1. The summed E-state index contributed by atoms with van der Waals surface area (Å²) < 4.78 is 0. The van der Waals surface area contributed by atoms with Gasteiger partial charge in [0.1, 0.15) is 0 Å². The van der Waals surface area contributed by atoms with E-state index in [1.165, 1.54) is 67.2 Å². The third-order valence-electron chi connectivity index (χ3n) is 5.57. The van der Waals surface area contributed by atoms with Crippen LogP contribution in [0.3, 0.4) is 0 Å². The number of benzene rings is 1. The van der Waals surface area contributed by atoms with Crippen molar-refractivity contribution in [2.75, 3.05) is 19.6 Å². The van der Waals surface area contributed by atoms with Gasteiger partial charge in [-0.25, -0.2) is 0 Å². The minimum atomic E-state index is 0.411. The molecule has 21 heavy (non-hydrogen) atoms. The lowest BCUT2D eigenvalue weighted by Crippen LogP contribution is -2.35. The fourth-order valence-electron chi connectivity index (χ4n) is 4.55. The molecule has 2 aliphatic carbocycles. The number of carbonyl (C=O) groups excluding carboxylic acids is 1. The standard InChI is InChI=1S/C19H25NO/c21-18(13-20-10-2-1-3-11-20)19-16-8-4-6-14(16)12-15-7-5-9-17(15)19/h12H,1-11,13H2. The van der Waals surface area contributed by atoms with Gasteiger partial charge < -0.3 is 0 Å². The SMILES string of the molecule is O=C(CN1CCCCC1)c1c2c(cc3c1CCC3)CCC2. The van der Waals surface area contributed by atoms with Crippen LogP contribution in [-0.2, 0) is 25.7 Å². The fraction of sp³-hybridized carbons (Fsp3) is 0.632. The molecule has 0 N–H and O–H groups in total. The minimum absolute atomic E-state index is 0.411. The molecule has 3 aliphatic rings. The third-order valence-corrected chi connectivity index (χ3v) is 5.57. The molecule has 0 amide bonds. The first-order chi connectivity index (χ1) is 10.3. The zero-order chi connectivity index (χ0) is 14.2. The predicted octanol–water partition coefficient (Wildman–Crippen LogP) is 3.33. The monoisotopic (exact) mass is 283 g/mol. The van der Waals surface area contributed by atoms with Crippen molar-refractivity contribution >= 4 is 5.78 Å². The van der Waals surface area contributed by atoms with Gasteiger partial charge in [-0.05, 0) is 86.7 Å². The Morgan fingerprint density at radius 3 is 2.10 bits per heavy atom. The smallest absolute Gasteiger partial charge is 0.177 e. The molecule has 0 atom stereocenters. The van der Waals surface area contributed by atoms with Gasteiger partial charge in [0.25, 0.3) is 0 Å². The van der Waals surface area contributed by atoms with Gasteiger partial charge in [-0.3, -0.25) is 9.69 Å². The first kappa shape index (κ1) is 13.5. The molecule has 2 heteroatoms. The third kappa shape index (κ3) is 2.44. The van der Waals surface area contributed by atoms with E-state index in [1.54, 1.807) is 0 Å². The zero-order valence-corrected chi connectivity index (χ0v) is 12.9. The first-order valence-corrected chi connectivity index (χ1v) is 8.75. The highest BCUT2D eigenvalue weighted by Gasteiger charge is 2.28. The van der Waals surface area contributed by atoms with Gasteiger partial charge in [-0.1, -0.05) is 12.5 Å². The van der Waals surface area contributed by atoms with Crippen molar-refractivity contribution in [3.05, 3.63) is 33.9 Å². The average molecular weight is 283 g/mol. The molecule has 0 bridgehead atoms. The lowest BCUT2D eigenvalue weighted by atomic mass is 9.91. The van der Waals surface area contributed by atoms with Crippen molar-refractivity contribution < 1.29 is 4.79 Å². The van der Waals surface area contributed by atoms with E-state index >= 15 is 0 Å². The molecule has 1 fully saturated rings. The van der Waals surface area contributed by atoms with E-state index in [4.69, 9.17) is 0 Å². The van der Waals surface area contributed by atoms with Crippen LogP contribution >= 0.6 is 0 Å². The Kier molecular flexibility index (Phi) is 3.58. The maximum atomic E-state index is 13.0. The predicted molar refractivity (Wildman–Crippen MR) is 85.1 cm³/mol. The number of hydrogen-bond acceptors (Lipinski definition) is 2. The number of aryl methyl sites for hydroxylation is 2. The summed E-state index contributed by atoms with van der Waals surface area (Å²) in [6.07, 6.45) is 11.0. The second-order valence-corrected chi connectivity index (χ2v) is 6.99. The molecule has 112 valence electrons. The maximum Gasteiger partial charge on any atom is 0.177 e. The van der Waals surface area contributed by atoms with E-state index in [2.05, 4.69) is 11.0 Å². The molecule has 1 heterocycles. The average Bonchev–Trinajstić information content (AvgIpc) is 3.13. The number of ketones is 1. The number of hydrogen-bond donors (Lipinski definition) is 0. The van der Waals surface area contributed by atoms with Gasteiger partial charge in [-0.15, -0.1) is 0 Å². The molecule has 0 spiro atoms. The van der Waals surface area contributed by atoms with E-state index in [-0.39, 0.29) is 0 Å². The number of piperidine rings is 1. The Labute approximate surface area is 127 Å². The highest BCUT2D eigenvalue weighted by molar-refractivity contribution is 6.01. The summed E-state index contributed by atoms with van der Waals surface area (Å²) in [6.45, 7) is 2.88. The van der Waals surface area contributed by atoms with E-state index in [1.807, 2.05) is 0 Å². The van der Waals surface area contributed by atoms with Crippen molar-refractivity contribution in [1.29, 1.82) is 0 Å². The van der Waals surface area contributed by atoms with Crippen LogP contribution in [0.15, 0.2) is 6.07 Å². The van der Waals surface area contributed by atoms with Crippen LogP contribution in [0.1, 0.15) is 64.7 Å². The van der Waals surface area contributed by atoms with Crippen molar-refractivity contribution in [3.8, 4) is 0 Å². The number of fused-ring (bicyclic) bond motifs is 2. The summed E-state index contributed by atoms with van der Waals surface area (Å²) >= 11 is 0. The van der Waals surface area contributed by atoms with E-state index in [0.29, 0.717) is 12.3 Å². The fourth-order valence-corrected chi connectivity index (χ4v) is 4.55. The lowest BCUT2D eigenvalue weighted by molar-refractivity contribution is 0.0914. The van der Waals surface area contributed by atoms with Gasteiger partial charge in [-0.2, -0.15) is 0 Å². The van der Waals surface area contributed by atoms with Gasteiger partial charge in [0, 0.05) is 5.56 Å². The van der Waals surface area contributed by atoms with Crippen LogP contribution in [0, 0.1) is 0 Å². The summed E-state index contributed by atoms with van der Waals surface area (Å²) in [7, 11) is 0. The second kappa shape index (κ2) is 5.57. The normalized spacial score (nSPS) is 21.3. The molecule has 4 rings (SSSR count). The molecular formula is C19H25NO. The van der Waals surface area contributed by atoms with Gasteiger partial charge >= 0.3 is 0 Å². The highest BCUT2D eigenvalue weighted by Crippen LogP contribution is 2.35. The molecule has 0 saturated carbocycles. The Bertz CT molecular complexity index is 537. The lowest BCUT2D eigenvalue weighted by Gasteiger charge is -2.26. The van der Waals surface area contributed by atoms with Crippen molar-refractivity contribution in [2.24, 2.45) is 0 Å². The molecule has 0 aromatic heterocycles. The van der Waals surface area contributed by atoms with Crippen LogP contribution in [-0.4, -0.2) is 30.3 Å². The number of nitrogens with zero attached hydrogens (tertiary/aromatic N) is 1. The van der Waals surface area contributed by atoms with Crippen LogP contribution in [0.4, 0.5) is 0 Å². The van der Waals surface area contributed by atoms with Gasteiger partial charge in [0.05, 0.1) is 6.54 Å². The molecule has 1 aromatic carbocycles. The summed E-state index contributed by atoms with van der Waals surface area (Å²) in [5, 5.41) is 0.